The Morgan fingerprint density at radius 3 is 2.46 bits per heavy atom. The molecule has 0 aromatic heterocycles. The number of guanidine groups is 1. The third-order valence-corrected chi connectivity index (χ3v) is 5.83. The van der Waals surface area contributed by atoms with Crippen LogP contribution in [0.4, 0.5) is 0 Å². The van der Waals surface area contributed by atoms with E-state index in [1.54, 1.807) is 13.1 Å². The highest BCUT2D eigenvalue weighted by Gasteiger charge is 2.66. The highest BCUT2D eigenvalue weighted by atomic mass is 16.2. The first-order valence-electron chi connectivity index (χ1n) is 8.66. The predicted molar refractivity (Wildman–Crippen MR) is 100 cm³/mol. The van der Waals surface area contributed by atoms with Crippen molar-refractivity contribution in [3.05, 3.63) is 59.7 Å². The van der Waals surface area contributed by atoms with Crippen LogP contribution in [0.3, 0.4) is 0 Å². The second kappa shape index (κ2) is 5.43. The summed E-state index contributed by atoms with van der Waals surface area (Å²) in [4.78, 5) is 19.1. The summed E-state index contributed by atoms with van der Waals surface area (Å²) in [6, 6.07) is 17.7. The molecule has 26 heavy (non-hydrogen) atoms. The molecular weight excluding hydrogens is 324 g/mol. The molecular formula is C21H20N4O. The highest BCUT2D eigenvalue weighted by molar-refractivity contribution is 6.03. The minimum atomic E-state index is -0.677. The fourth-order valence-corrected chi connectivity index (χ4v) is 3.98. The number of hydrogen-bond acceptors (Lipinski definition) is 4. The molecule has 0 unspecified atom stereocenters. The summed E-state index contributed by atoms with van der Waals surface area (Å²) >= 11 is 0. The molecule has 130 valence electrons. The average molecular weight is 344 g/mol. The maximum absolute atomic E-state index is 12.9. The lowest BCUT2D eigenvalue weighted by molar-refractivity contribution is -0.136. The lowest BCUT2D eigenvalue weighted by Crippen LogP contribution is -2.55. The number of benzene rings is 2. The Morgan fingerprint density at radius 1 is 1.15 bits per heavy atom. The molecule has 1 aliphatic heterocycles. The van der Waals surface area contributed by atoms with E-state index >= 15 is 0 Å². The van der Waals surface area contributed by atoms with E-state index in [0.717, 1.165) is 29.5 Å². The average Bonchev–Trinajstić information content (AvgIpc) is 3.48. The number of nitrogens with zero attached hydrogens (tertiary/aromatic N) is 3. The van der Waals surface area contributed by atoms with Crippen LogP contribution in [0.1, 0.15) is 30.9 Å². The second-order valence-electron chi connectivity index (χ2n) is 7.26. The van der Waals surface area contributed by atoms with Crippen molar-refractivity contribution < 1.29 is 4.79 Å². The smallest absolute Gasteiger partial charge is 0.238 e. The lowest BCUT2D eigenvalue weighted by Gasteiger charge is -2.41. The van der Waals surface area contributed by atoms with Crippen LogP contribution in [0.2, 0.25) is 0 Å². The lowest BCUT2D eigenvalue weighted by atomic mass is 9.74. The van der Waals surface area contributed by atoms with Gasteiger partial charge in [0.2, 0.25) is 5.91 Å². The van der Waals surface area contributed by atoms with E-state index < -0.39 is 11.0 Å². The summed E-state index contributed by atoms with van der Waals surface area (Å²) in [6.07, 6.45) is 1.63. The van der Waals surface area contributed by atoms with E-state index in [4.69, 9.17) is 16.0 Å². The summed E-state index contributed by atoms with van der Waals surface area (Å²) in [7, 11) is 1.69. The molecule has 1 heterocycles. The Hall–Kier alpha value is -3.13. The molecule has 2 aliphatic rings. The summed E-state index contributed by atoms with van der Waals surface area (Å²) in [5, 5.41) is 9.14. The molecule has 1 amide bonds. The third kappa shape index (κ3) is 2.15. The Labute approximate surface area is 152 Å². The molecule has 1 spiro atoms. The molecule has 2 aromatic rings. The minimum absolute atomic E-state index is 0.0457. The number of nitrogens with two attached hydrogens (primary N) is 1. The van der Waals surface area contributed by atoms with Gasteiger partial charge in [-0.2, -0.15) is 5.26 Å². The van der Waals surface area contributed by atoms with Gasteiger partial charge < -0.3 is 5.73 Å². The number of carbonyl (C=O) groups is 1. The van der Waals surface area contributed by atoms with Crippen molar-refractivity contribution in [2.24, 2.45) is 16.1 Å². The fraction of sp³-hybridized carbons (Fsp3) is 0.286. The summed E-state index contributed by atoms with van der Waals surface area (Å²) in [5.41, 5.74) is 8.41. The molecule has 1 aliphatic carbocycles. The van der Waals surface area contributed by atoms with E-state index in [1.807, 2.05) is 43.3 Å². The zero-order valence-corrected chi connectivity index (χ0v) is 14.9. The normalized spacial score (nSPS) is 23.5. The molecule has 2 aromatic carbocycles. The summed E-state index contributed by atoms with van der Waals surface area (Å²) in [5.74, 6) is 0.302. The highest BCUT2D eigenvalue weighted by Crippen LogP contribution is 2.62. The third-order valence-electron chi connectivity index (χ3n) is 5.83. The maximum Gasteiger partial charge on any atom is 0.238 e. The van der Waals surface area contributed by atoms with Crippen LogP contribution in [-0.2, 0) is 10.3 Å². The predicted octanol–water partition coefficient (Wildman–Crippen LogP) is 3.01. The van der Waals surface area contributed by atoms with Crippen molar-refractivity contribution in [2.75, 3.05) is 7.05 Å². The Morgan fingerprint density at radius 2 is 1.81 bits per heavy atom. The van der Waals surface area contributed by atoms with Crippen LogP contribution in [-0.4, -0.2) is 23.8 Å². The molecule has 2 N–H and O–H groups in total. The van der Waals surface area contributed by atoms with E-state index in [1.165, 1.54) is 4.90 Å². The summed E-state index contributed by atoms with van der Waals surface area (Å²) < 4.78 is 0. The van der Waals surface area contributed by atoms with Crippen molar-refractivity contribution >= 4 is 11.9 Å². The zero-order valence-electron chi connectivity index (χ0n) is 14.9. The van der Waals surface area contributed by atoms with Gasteiger partial charge >= 0.3 is 0 Å². The molecule has 1 atom stereocenters. The van der Waals surface area contributed by atoms with Gasteiger partial charge in [-0.15, -0.1) is 0 Å². The van der Waals surface area contributed by atoms with Gasteiger partial charge in [0.05, 0.1) is 17.0 Å². The first kappa shape index (κ1) is 16.3. The van der Waals surface area contributed by atoms with Gasteiger partial charge in [-0.3, -0.25) is 9.69 Å². The Balaban J connectivity index is 1.84. The largest absolute Gasteiger partial charge is 0.369 e. The van der Waals surface area contributed by atoms with Crippen LogP contribution in [0.25, 0.3) is 11.1 Å². The zero-order chi connectivity index (χ0) is 18.5. The van der Waals surface area contributed by atoms with Crippen LogP contribution >= 0.6 is 0 Å². The van der Waals surface area contributed by atoms with Crippen molar-refractivity contribution in [3.63, 3.8) is 0 Å². The second-order valence-corrected chi connectivity index (χ2v) is 7.26. The number of rotatable bonds is 2. The molecule has 4 rings (SSSR count). The molecule has 1 fully saturated rings. The van der Waals surface area contributed by atoms with Gasteiger partial charge in [-0.25, -0.2) is 4.99 Å². The van der Waals surface area contributed by atoms with Crippen molar-refractivity contribution in [1.29, 1.82) is 5.26 Å². The number of hydrogen-bond donors (Lipinski definition) is 1. The van der Waals surface area contributed by atoms with E-state index in [9.17, 15) is 4.79 Å². The minimum Gasteiger partial charge on any atom is -0.369 e. The van der Waals surface area contributed by atoms with Gasteiger partial charge in [-0.05, 0) is 54.7 Å². The summed E-state index contributed by atoms with van der Waals surface area (Å²) in [6.45, 7) is 2.00. The Bertz CT molecular complexity index is 984. The van der Waals surface area contributed by atoms with Crippen molar-refractivity contribution in [3.8, 4) is 17.2 Å². The van der Waals surface area contributed by atoms with Gasteiger partial charge in [0, 0.05) is 7.05 Å². The number of amides is 1. The van der Waals surface area contributed by atoms with Gasteiger partial charge in [-0.1, -0.05) is 30.3 Å². The molecule has 0 saturated heterocycles. The molecule has 5 heteroatoms. The van der Waals surface area contributed by atoms with Crippen LogP contribution < -0.4 is 5.73 Å². The van der Waals surface area contributed by atoms with E-state index in [0.29, 0.717) is 5.56 Å². The monoisotopic (exact) mass is 344 g/mol. The van der Waals surface area contributed by atoms with Crippen LogP contribution in [0.15, 0.2) is 53.5 Å². The van der Waals surface area contributed by atoms with Gasteiger partial charge in [0.25, 0.3) is 0 Å². The molecule has 1 saturated carbocycles. The number of aliphatic imine (C=N–C) groups is 1. The Kier molecular flexibility index (Phi) is 3.42. The molecule has 0 radical (unpaired) electrons. The van der Waals surface area contributed by atoms with Crippen molar-refractivity contribution in [1.82, 2.24) is 4.90 Å². The topological polar surface area (TPSA) is 82.5 Å². The van der Waals surface area contributed by atoms with Crippen LogP contribution in [0, 0.1) is 16.7 Å². The van der Waals surface area contributed by atoms with Crippen molar-refractivity contribution in [2.45, 2.75) is 25.3 Å². The standard InChI is InChI=1S/C21H20N4O/c1-20(21(9-10-21)18(26)25(2)19(23)24-20)17-8-4-7-16(12-17)15-6-3-5-14(11-15)13-22/h3-8,11-12H,9-10H2,1-2H3,(H2,23,24)/t20-/m1/s1. The molecule has 0 bridgehead atoms. The van der Waals surface area contributed by atoms with E-state index in [-0.39, 0.29) is 11.9 Å². The van der Waals surface area contributed by atoms with Gasteiger partial charge in [0.1, 0.15) is 5.54 Å². The maximum atomic E-state index is 12.9. The quantitative estimate of drug-likeness (QED) is 0.909. The fourth-order valence-electron chi connectivity index (χ4n) is 3.98. The number of carbonyl (C=O) groups excluding carboxylic acids is 1. The SMILES string of the molecule is CN1C(=O)C2(CC2)[C@@](C)(c2cccc(-c3cccc(C#N)c3)c2)N=C1N. The molecule has 5 nitrogen and oxygen atoms in total. The van der Waals surface area contributed by atoms with Crippen LogP contribution in [0.5, 0.6) is 0 Å². The number of nitriles is 1. The van der Waals surface area contributed by atoms with E-state index in [2.05, 4.69) is 12.1 Å². The first-order chi connectivity index (χ1) is 12.4. The first-order valence-corrected chi connectivity index (χ1v) is 8.66. The van der Waals surface area contributed by atoms with Gasteiger partial charge in [0.15, 0.2) is 5.96 Å².